The molecule has 0 spiro atoms. The Morgan fingerprint density at radius 1 is 1.39 bits per heavy atom. The summed E-state index contributed by atoms with van der Waals surface area (Å²) in [6, 6.07) is 4.62. The summed E-state index contributed by atoms with van der Waals surface area (Å²) in [5.41, 5.74) is 2.20. The molecule has 0 unspecified atom stereocenters. The molecule has 0 bridgehead atoms. The standard InChI is InChI=1S/C20H20FN3O2S2/c1-11-5-6-13(21)14(9-11)22-17(25)7-8-27-10-16-23-19(26)18-12-3-2-4-15(12)28-20(18)24-16/h5-6,9H,2-4,7-8,10H2,1H3,(H,22,25)(H,23,24,26). The van der Waals surface area contributed by atoms with Gasteiger partial charge in [-0.3, -0.25) is 9.59 Å². The number of aromatic amines is 1. The summed E-state index contributed by atoms with van der Waals surface area (Å²) >= 11 is 3.14. The van der Waals surface area contributed by atoms with Gasteiger partial charge in [0.15, 0.2) is 0 Å². The molecule has 5 nitrogen and oxygen atoms in total. The van der Waals surface area contributed by atoms with Crippen molar-refractivity contribution in [3.8, 4) is 0 Å². The molecule has 0 fully saturated rings. The van der Waals surface area contributed by atoms with E-state index in [0.29, 0.717) is 17.3 Å². The SMILES string of the molecule is Cc1ccc(F)c(NC(=O)CCSCc2nc3sc4c(c3c(=O)[nH]2)CCC4)c1. The van der Waals surface area contributed by atoms with Gasteiger partial charge in [0.2, 0.25) is 5.91 Å². The third kappa shape index (κ3) is 3.98. The van der Waals surface area contributed by atoms with Gasteiger partial charge in [0.05, 0.1) is 16.8 Å². The van der Waals surface area contributed by atoms with Gasteiger partial charge in [0, 0.05) is 17.1 Å². The number of benzene rings is 1. The number of nitrogens with zero attached hydrogens (tertiary/aromatic N) is 1. The van der Waals surface area contributed by atoms with Gasteiger partial charge in [-0.25, -0.2) is 9.37 Å². The van der Waals surface area contributed by atoms with Crippen LogP contribution < -0.4 is 10.9 Å². The molecule has 0 aliphatic heterocycles. The van der Waals surface area contributed by atoms with Crippen molar-refractivity contribution in [1.29, 1.82) is 0 Å². The van der Waals surface area contributed by atoms with Crippen LogP contribution in [0.25, 0.3) is 10.2 Å². The number of thioether (sulfide) groups is 1. The number of rotatable bonds is 6. The highest BCUT2D eigenvalue weighted by molar-refractivity contribution is 7.98. The lowest BCUT2D eigenvalue weighted by atomic mass is 10.2. The number of aromatic nitrogens is 2. The van der Waals surface area contributed by atoms with Crippen LogP contribution in [0.4, 0.5) is 10.1 Å². The Bertz CT molecular complexity index is 1110. The van der Waals surface area contributed by atoms with E-state index in [2.05, 4.69) is 15.3 Å². The predicted octanol–water partition coefficient (Wildman–Crippen LogP) is 4.18. The number of carbonyl (C=O) groups is 1. The molecule has 1 aliphatic carbocycles. The Morgan fingerprint density at radius 3 is 3.11 bits per heavy atom. The Labute approximate surface area is 169 Å². The molecule has 2 aromatic heterocycles. The van der Waals surface area contributed by atoms with Gasteiger partial charge in [-0.05, 0) is 49.4 Å². The van der Waals surface area contributed by atoms with Crippen LogP contribution in [0.3, 0.4) is 0 Å². The molecule has 146 valence electrons. The highest BCUT2D eigenvalue weighted by atomic mass is 32.2. The summed E-state index contributed by atoms with van der Waals surface area (Å²) in [5, 5.41) is 3.36. The molecule has 1 aliphatic rings. The molecule has 2 heterocycles. The molecule has 28 heavy (non-hydrogen) atoms. The molecule has 0 radical (unpaired) electrons. The Kier molecular flexibility index (Phi) is 5.50. The zero-order valence-electron chi connectivity index (χ0n) is 15.4. The van der Waals surface area contributed by atoms with E-state index in [-0.39, 0.29) is 23.6 Å². The van der Waals surface area contributed by atoms with E-state index in [1.165, 1.54) is 28.3 Å². The van der Waals surface area contributed by atoms with Gasteiger partial charge in [-0.2, -0.15) is 11.8 Å². The lowest BCUT2D eigenvalue weighted by Crippen LogP contribution is -2.14. The second-order valence-electron chi connectivity index (χ2n) is 6.88. The second-order valence-corrected chi connectivity index (χ2v) is 9.07. The van der Waals surface area contributed by atoms with Crippen molar-refractivity contribution < 1.29 is 9.18 Å². The van der Waals surface area contributed by atoms with Crippen molar-refractivity contribution in [2.24, 2.45) is 0 Å². The number of halogens is 1. The fraction of sp³-hybridized carbons (Fsp3) is 0.350. The molecule has 0 saturated heterocycles. The maximum atomic E-state index is 13.7. The predicted molar refractivity (Wildman–Crippen MR) is 113 cm³/mol. The van der Waals surface area contributed by atoms with Crippen molar-refractivity contribution in [3.63, 3.8) is 0 Å². The number of carbonyl (C=O) groups excluding carboxylic acids is 1. The van der Waals surface area contributed by atoms with E-state index in [1.54, 1.807) is 23.5 Å². The number of hydrogen-bond donors (Lipinski definition) is 2. The van der Waals surface area contributed by atoms with Gasteiger partial charge in [0.1, 0.15) is 16.5 Å². The van der Waals surface area contributed by atoms with Gasteiger partial charge in [0.25, 0.3) is 5.56 Å². The quantitative estimate of drug-likeness (QED) is 0.590. The van der Waals surface area contributed by atoms with Crippen LogP contribution >= 0.6 is 23.1 Å². The molecule has 2 N–H and O–H groups in total. The third-order valence-corrected chi connectivity index (χ3v) is 6.89. The number of nitrogens with one attached hydrogen (secondary N) is 2. The molecule has 4 rings (SSSR count). The topological polar surface area (TPSA) is 74.8 Å². The number of thiophene rings is 1. The summed E-state index contributed by atoms with van der Waals surface area (Å²) in [7, 11) is 0. The van der Waals surface area contributed by atoms with Gasteiger partial charge >= 0.3 is 0 Å². The average Bonchev–Trinajstić information content (AvgIpc) is 3.22. The first-order valence-electron chi connectivity index (χ1n) is 9.18. The molecule has 0 saturated carbocycles. The van der Waals surface area contributed by atoms with Crippen LogP contribution in [0.2, 0.25) is 0 Å². The normalized spacial score (nSPS) is 13.1. The van der Waals surface area contributed by atoms with Gasteiger partial charge < -0.3 is 10.3 Å². The highest BCUT2D eigenvalue weighted by Gasteiger charge is 2.21. The van der Waals surface area contributed by atoms with E-state index in [9.17, 15) is 14.0 Å². The number of H-pyrrole nitrogens is 1. The maximum Gasteiger partial charge on any atom is 0.259 e. The summed E-state index contributed by atoms with van der Waals surface area (Å²) in [4.78, 5) is 34.0. The number of fused-ring (bicyclic) bond motifs is 3. The fourth-order valence-corrected chi connectivity index (χ4v) is 5.48. The van der Waals surface area contributed by atoms with E-state index in [1.807, 2.05) is 6.92 Å². The monoisotopic (exact) mass is 417 g/mol. The molecule has 8 heteroatoms. The van der Waals surface area contributed by atoms with Crippen molar-refractivity contribution in [2.75, 3.05) is 11.1 Å². The van der Waals surface area contributed by atoms with E-state index < -0.39 is 5.82 Å². The third-order valence-electron chi connectivity index (χ3n) is 4.73. The molecular formula is C20H20FN3O2S2. The van der Waals surface area contributed by atoms with Crippen molar-refractivity contribution in [2.45, 2.75) is 38.4 Å². The molecule has 0 atom stereocenters. The number of amides is 1. The smallest absolute Gasteiger partial charge is 0.259 e. The zero-order valence-corrected chi connectivity index (χ0v) is 17.1. The van der Waals surface area contributed by atoms with Crippen molar-refractivity contribution in [3.05, 3.63) is 56.2 Å². The van der Waals surface area contributed by atoms with Crippen LogP contribution in [0.15, 0.2) is 23.0 Å². The van der Waals surface area contributed by atoms with E-state index in [4.69, 9.17) is 0 Å². The summed E-state index contributed by atoms with van der Waals surface area (Å²) < 4.78 is 13.7. The fourth-order valence-electron chi connectivity index (χ4n) is 3.40. The first-order valence-corrected chi connectivity index (χ1v) is 11.2. The van der Waals surface area contributed by atoms with Crippen LogP contribution in [0, 0.1) is 12.7 Å². The Balaban J connectivity index is 1.32. The van der Waals surface area contributed by atoms with Gasteiger partial charge in [-0.15, -0.1) is 11.3 Å². The largest absolute Gasteiger partial charge is 0.324 e. The van der Waals surface area contributed by atoms with E-state index >= 15 is 0 Å². The van der Waals surface area contributed by atoms with E-state index in [0.717, 1.165) is 35.0 Å². The number of hydrogen-bond acceptors (Lipinski definition) is 5. The maximum absolute atomic E-state index is 13.7. The number of aryl methyl sites for hydroxylation is 3. The molecule has 3 aromatic rings. The second kappa shape index (κ2) is 8.05. The Hall–Kier alpha value is -2.19. The van der Waals surface area contributed by atoms with Crippen LogP contribution in [-0.2, 0) is 23.4 Å². The van der Waals surface area contributed by atoms with Crippen molar-refractivity contribution in [1.82, 2.24) is 9.97 Å². The van der Waals surface area contributed by atoms with Crippen LogP contribution in [0.1, 0.15) is 34.7 Å². The lowest BCUT2D eigenvalue weighted by Gasteiger charge is -2.07. The minimum Gasteiger partial charge on any atom is -0.324 e. The van der Waals surface area contributed by atoms with Gasteiger partial charge in [-0.1, -0.05) is 6.07 Å². The van der Waals surface area contributed by atoms with Crippen LogP contribution in [-0.4, -0.2) is 21.6 Å². The Morgan fingerprint density at radius 2 is 2.25 bits per heavy atom. The summed E-state index contributed by atoms with van der Waals surface area (Å²) in [6.07, 6.45) is 3.38. The average molecular weight is 418 g/mol. The number of anilines is 1. The molecule has 1 aromatic carbocycles. The summed E-state index contributed by atoms with van der Waals surface area (Å²) in [6.45, 7) is 1.85. The zero-order chi connectivity index (χ0) is 19.7. The summed E-state index contributed by atoms with van der Waals surface area (Å²) in [5.74, 6) is 1.04. The lowest BCUT2D eigenvalue weighted by molar-refractivity contribution is -0.115. The minimum atomic E-state index is -0.440. The highest BCUT2D eigenvalue weighted by Crippen LogP contribution is 2.34. The molecule has 1 amide bonds. The van der Waals surface area contributed by atoms with Crippen LogP contribution in [0.5, 0.6) is 0 Å². The first kappa shape index (κ1) is 19.1. The first-order chi connectivity index (χ1) is 13.5. The van der Waals surface area contributed by atoms with Crippen molar-refractivity contribution >= 4 is 44.9 Å². The minimum absolute atomic E-state index is 0.0623. The molecular weight excluding hydrogens is 397 g/mol.